The van der Waals surface area contributed by atoms with Crippen molar-refractivity contribution in [3.63, 3.8) is 0 Å². The molecule has 22 heavy (non-hydrogen) atoms. The van der Waals surface area contributed by atoms with Crippen LogP contribution in [0.3, 0.4) is 0 Å². The highest BCUT2D eigenvalue weighted by Gasteiger charge is 2.24. The molecule has 0 spiro atoms. The molecule has 1 N–H and O–H groups in total. The van der Waals surface area contributed by atoms with Gasteiger partial charge >= 0.3 is 0 Å². The highest BCUT2D eigenvalue weighted by Crippen LogP contribution is 2.42. The number of hydrogen-bond donors (Lipinski definition) is 1. The van der Waals surface area contributed by atoms with Crippen LogP contribution in [0.25, 0.3) is 10.9 Å². The van der Waals surface area contributed by atoms with E-state index in [-0.39, 0.29) is 11.3 Å². The number of aromatic nitrogens is 2. The number of rotatable bonds is 3. The predicted molar refractivity (Wildman–Crippen MR) is 84.7 cm³/mol. The zero-order chi connectivity index (χ0) is 15.9. The van der Waals surface area contributed by atoms with Gasteiger partial charge in [-0.25, -0.2) is 4.98 Å². The fourth-order valence-corrected chi connectivity index (χ4v) is 2.60. The van der Waals surface area contributed by atoms with Gasteiger partial charge in [0.05, 0.1) is 24.1 Å². The molecular formula is C17H22N2O3. The minimum absolute atomic E-state index is 0.00197. The first kappa shape index (κ1) is 14.9. The standard InChI is InChI=1S/C17H22N2O3/c1-10-18-14-11-5-7-22-15(11)13(9-12(14)16(20)19-10)21-8-6-17(2,3)4/h9H,5-8H2,1-4H3,(H,18,19,20). The first-order valence-electron chi connectivity index (χ1n) is 7.64. The zero-order valence-electron chi connectivity index (χ0n) is 13.6. The number of nitrogens with zero attached hydrogens (tertiary/aromatic N) is 2. The molecular weight excluding hydrogens is 280 g/mol. The molecule has 3 rings (SSSR count). The van der Waals surface area contributed by atoms with Crippen molar-refractivity contribution in [1.29, 1.82) is 0 Å². The van der Waals surface area contributed by atoms with Crippen LogP contribution in [0.1, 0.15) is 38.6 Å². The smallest absolute Gasteiger partial charge is 0.222 e. The summed E-state index contributed by atoms with van der Waals surface area (Å²) in [5, 5.41) is 10.7. The molecule has 1 aliphatic rings. The molecule has 1 aromatic carbocycles. The Morgan fingerprint density at radius 2 is 2.09 bits per heavy atom. The van der Waals surface area contributed by atoms with Crippen LogP contribution in [0.5, 0.6) is 17.4 Å². The van der Waals surface area contributed by atoms with Gasteiger partial charge in [0.1, 0.15) is 5.82 Å². The van der Waals surface area contributed by atoms with Gasteiger partial charge in [0.25, 0.3) is 0 Å². The van der Waals surface area contributed by atoms with Crippen molar-refractivity contribution < 1.29 is 14.6 Å². The molecule has 0 saturated carbocycles. The summed E-state index contributed by atoms with van der Waals surface area (Å²) in [7, 11) is 0. The largest absolute Gasteiger partial charge is 0.493 e. The lowest BCUT2D eigenvalue weighted by molar-refractivity contribution is 0.232. The topological polar surface area (TPSA) is 64.5 Å². The van der Waals surface area contributed by atoms with Gasteiger partial charge in [0.2, 0.25) is 5.88 Å². The van der Waals surface area contributed by atoms with Gasteiger partial charge in [0, 0.05) is 12.0 Å². The van der Waals surface area contributed by atoms with E-state index >= 15 is 0 Å². The van der Waals surface area contributed by atoms with Crippen LogP contribution in [0.4, 0.5) is 0 Å². The van der Waals surface area contributed by atoms with Crippen molar-refractivity contribution in [3.05, 3.63) is 17.5 Å². The van der Waals surface area contributed by atoms with Gasteiger partial charge in [-0.1, -0.05) is 20.8 Å². The molecule has 0 bridgehead atoms. The third-order valence-corrected chi connectivity index (χ3v) is 3.80. The first-order chi connectivity index (χ1) is 10.3. The van der Waals surface area contributed by atoms with E-state index in [2.05, 4.69) is 30.7 Å². The van der Waals surface area contributed by atoms with Gasteiger partial charge in [0.15, 0.2) is 11.5 Å². The molecule has 2 aromatic rings. The summed E-state index contributed by atoms with van der Waals surface area (Å²) in [5.41, 5.74) is 1.98. The SMILES string of the molecule is Cc1nc(O)c2cc(OCCC(C)(C)C)c3c(c2n1)CCO3. The van der Waals surface area contributed by atoms with Crippen LogP contribution < -0.4 is 9.47 Å². The molecule has 1 aliphatic heterocycles. The van der Waals surface area contributed by atoms with Crippen LogP contribution in [0.2, 0.25) is 0 Å². The molecule has 5 heteroatoms. The second-order valence-electron chi connectivity index (χ2n) is 6.93. The van der Waals surface area contributed by atoms with Crippen LogP contribution in [0, 0.1) is 12.3 Å². The Hall–Kier alpha value is -2.04. The van der Waals surface area contributed by atoms with Crippen molar-refractivity contribution in [2.24, 2.45) is 5.41 Å². The van der Waals surface area contributed by atoms with E-state index in [0.29, 0.717) is 30.2 Å². The fraction of sp³-hybridized carbons (Fsp3) is 0.529. The Morgan fingerprint density at radius 1 is 1.32 bits per heavy atom. The molecule has 118 valence electrons. The van der Waals surface area contributed by atoms with Crippen molar-refractivity contribution >= 4 is 10.9 Å². The van der Waals surface area contributed by atoms with Gasteiger partial charge in [-0.3, -0.25) is 0 Å². The van der Waals surface area contributed by atoms with Gasteiger partial charge in [-0.15, -0.1) is 0 Å². The minimum atomic E-state index is -0.00197. The van der Waals surface area contributed by atoms with E-state index in [9.17, 15) is 5.11 Å². The lowest BCUT2D eigenvalue weighted by Crippen LogP contribution is -2.11. The molecule has 5 nitrogen and oxygen atoms in total. The van der Waals surface area contributed by atoms with Crippen LogP contribution in [0.15, 0.2) is 6.07 Å². The maximum Gasteiger partial charge on any atom is 0.222 e. The number of aromatic hydroxyl groups is 1. The Labute approximate surface area is 130 Å². The van der Waals surface area contributed by atoms with Crippen LogP contribution in [-0.4, -0.2) is 28.3 Å². The van der Waals surface area contributed by atoms with E-state index in [0.717, 1.165) is 29.7 Å². The Bertz CT molecular complexity index is 720. The molecule has 0 fully saturated rings. The van der Waals surface area contributed by atoms with Crippen molar-refractivity contribution in [3.8, 4) is 17.4 Å². The third kappa shape index (κ3) is 2.80. The molecule has 0 atom stereocenters. The van der Waals surface area contributed by atoms with Gasteiger partial charge in [-0.2, -0.15) is 4.98 Å². The first-order valence-corrected chi connectivity index (χ1v) is 7.64. The summed E-state index contributed by atoms with van der Waals surface area (Å²) in [6.45, 7) is 9.54. The Kier molecular flexibility index (Phi) is 3.59. The second kappa shape index (κ2) is 5.30. The summed E-state index contributed by atoms with van der Waals surface area (Å²) in [6.07, 6.45) is 1.72. The van der Waals surface area contributed by atoms with Crippen LogP contribution >= 0.6 is 0 Å². The molecule has 0 unspecified atom stereocenters. The molecule has 2 heterocycles. The average Bonchev–Trinajstić information content (AvgIpc) is 2.88. The summed E-state index contributed by atoms with van der Waals surface area (Å²) in [6, 6.07) is 1.79. The lowest BCUT2D eigenvalue weighted by atomic mass is 9.93. The summed E-state index contributed by atoms with van der Waals surface area (Å²) < 4.78 is 11.7. The van der Waals surface area contributed by atoms with E-state index in [4.69, 9.17) is 9.47 Å². The van der Waals surface area contributed by atoms with E-state index in [1.165, 1.54) is 0 Å². The highest BCUT2D eigenvalue weighted by atomic mass is 16.5. The van der Waals surface area contributed by atoms with Crippen LogP contribution in [-0.2, 0) is 6.42 Å². The average molecular weight is 302 g/mol. The van der Waals surface area contributed by atoms with Crippen molar-refractivity contribution in [1.82, 2.24) is 9.97 Å². The Balaban J connectivity index is 2.01. The second-order valence-corrected chi connectivity index (χ2v) is 6.93. The molecule has 0 radical (unpaired) electrons. The summed E-state index contributed by atoms with van der Waals surface area (Å²) >= 11 is 0. The maximum atomic E-state index is 10.1. The molecule has 0 aliphatic carbocycles. The number of ether oxygens (including phenoxy) is 2. The number of benzene rings is 1. The minimum Gasteiger partial charge on any atom is -0.493 e. The molecule has 1 aromatic heterocycles. The fourth-order valence-electron chi connectivity index (χ4n) is 2.60. The monoisotopic (exact) mass is 302 g/mol. The van der Waals surface area contributed by atoms with Gasteiger partial charge in [-0.05, 0) is 24.8 Å². The van der Waals surface area contributed by atoms with E-state index in [1.807, 2.05) is 0 Å². The molecule has 0 saturated heterocycles. The summed E-state index contributed by atoms with van der Waals surface area (Å²) in [4.78, 5) is 8.50. The normalized spacial score (nSPS) is 14.0. The summed E-state index contributed by atoms with van der Waals surface area (Å²) in [5.74, 6) is 1.99. The zero-order valence-corrected chi connectivity index (χ0v) is 13.6. The lowest BCUT2D eigenvalue weighted by Gasteiger charge is -2.19. The predicted octanol–water partition coefficient (Wildman–Crippen LogP) is 3.39. The Morgan fingerprint density at radius 3 is 2.82 bits per heavy atom. The molecule has 0 amide bonds. The number of fused-ring (bicyclic) bond motifs is 3. The van der Waals surface area contributed by atoms with E-state index < -0.39 is 0 Å². The highest BCUT2D eigenvalue weighted by molar-refractivity contribution is 5.90. The maximum absolute atomic E-state index is 10.1. The van der Waals surface area contributed by atoms with Gasteiger partial charge < -0.3 is 14.6 Å². The quantitative estimate of drug-likeness (QED) is 0.941. The van der Waals surface area contributed by atoms with E-state index in [1.54, 1.807) is 13.0 Å². The third-order valence-electron chi connectivity index (χ3n) is 3.80. The van der Waals surface area contributed by atoms with Crippen molar-refractivity contribution in [2.75, 3.05) is 13.2 Å². The number of hydrogen-bond acceptors (Lipinski definition) is 5. The number of aryl methyl sites for hydroxylation is 1. The van der Waals surface area contributed by atoms with Crippen molar-refractivity contribution in [2.45, 2.75) is 40.5 Å².